The number of alkyl halides is 3. The summed E-state index contributed by atoms with van der Waals surface area (Å²) in [6.07, 6.45) is -4.46. The number of pyridine rings is 1. The third-order valence-corrected chi connectivity index (χ3v) is 4.54. The molecule has 2 aromatic rings. The van der Waals surface area contributed by atoms with Crippen LogP contribution in [0.25, 0.3) is 0 Å². The maximum Gasteiger partial charge on any atom is 0.433 e. The number of hydrogen-bond donors (Lipinski definition) is 1. The van der Waals surface area contributed by atoms with Crippen LogP contribution in [0.4, 0.5) is 23.4 Å². The van der Waals surface area contributed by atoms with E-state index in [-0.39, 0.29) is 5.91 Å². The van der Waals surface area contributed by atoms with E-state index in [0.29, 0.717) is 50.6 Å². The molecule has 3 rings (SSSR count). The lowest BCUT2D eigenvalue weighted by Crippen LogP contribution is -2.48. The number of aromatic nitrogens is 1. The van der Waals surface area contributed by atoms with Gasteiger partial charge in [-0.3, -0.25) is 9.69 Å². The number of anilines is 1. The van der Waals surface area contributed by atoms with Crippen molar-refractivity contribution in [1.29, 1.82) is 0 Å². The standard InChI is InChI=1S/C19H20F4N4O/c20-15-6-4-14(5-7-15)18(28)24-8-9-26-10-12-27(13-11-26)17-3-1-2-16(25-17)19(21,22)23/h1-7H,8-13H2,(H,24,28)/i20-1. The number of piperazine rings is 1. The molecule has 9 heteroatoms. The maximum absolute atomic E-state index is 12.9. The summed E-state index contributed by atoms with van der Waals surface area (Å²) in [7, 11) is 0. The Morgan fingerprint density at radius 3 is 2.36 bits per heavy atom. The first-order chi connectivity index (χ1) is 13.3. The van der Waals surface area contributed by atoms with Gasteiger partial charge < -0.3 is 10.2 Å². The van der Waals surface area contributed by atoms with Crippen LogP contribution in [0.1, 0.15) is 16.1 Å². The van der Waals surface area contributed by atoms with E-state index in [4.69, 9.17) is 0 Å². The normalized spacial score (nSPS) is 15.5. The molecule has 0 radical (unpaired) electrons. The highest BCUT2D eigenvalue weighted by Gasteiger charge is 2.33. The third kappa shape index (κ3) is 5.19. The molecule has 150 valence electrons. The molecule has 1 amide bonds. The fraction of sp³-hybridized carbons (Fsp3) is 0.368. The molecule has 28 heavy (non-hydrogen) atoms. The molecule has 1 fully saturated rings. The molecule has 1 aromatic carbocycles. The van der Waals surface area contributed by atoms with Crippen LogP contribution in [-0.2, 0) is 6.18 Å². The zero-order valence-electron chi connectivity index (χ0n) is 15.0. The quantitative estimate of drug-likeness (QED) is 0.791. The van der Waals surface area contributed by atoms with Gasteiger partial charge in [0.15, 0.2) is 0 Å². The first-order valence-corrected chi connectivity index (χ1v) is 8.88. The molecular formula is C19H20F4N4O. The highest BCUT2D eigenvalue weighted by molar-refractivity contribution is 5.94. The first-order valence-electron chi connectivity index (χ1n) is 8.88. The molecule has 0 bridgehead atoms. The van der Waals surface area contributed by atoms with E-state index < -0.39 is 17.7 Å². The van der Waals surface area contributed by atoms with Crippen molar-refractivity contribution in [3.05, 3.63) is 59.5 Å². The van der Waals surface area contributed by atoms with Crippen molar-refractivity contribution in [3.8, 4) is 0 Å². The average molecular weight is 395 g/mol. The van der Waals surface area contributed by atoms with Crippen molar-refractivity contribution < 1.29 is 22.4 Å². The van der Waals surface area contributed by atoms with E-state index in [1.54, 1.807) is 6.07 Å². The zero-order valence-corrected chi connectivity index (χ0v) is 15.0. The number of hydrogen-bond acceptors (Lipinski definition) is 4. The van der Waals surface area contributed by atoms with Gasteiger partial charge in [-0.25, -0.2) is 9.37 Å². The molecule has 1 aliphatic heterocycles. The van der Waals surface area contributed by atoms with Crippen molar-refractivity contribution in [1.82, 2.24) is 15.2 Å². The molecule has 0 aliphatic carbocycles. The van der Waals surface area contributed by atoms with Crippen molar-refractivity contribution >= 4 is 11.7 Å². The van der Waals surface area contributed by atoms with E-state index in [1.807, 2.05) is 4.90 Å². The minimum absolute atomic E-state index is 0.271. The summed E-state index contributed by atoms with van der Waals surface area (Å²) in [5.41, 5.74) is -0.502. The lowest BCUT2D eigenvalue weighted by Gasteiger charge is -2.35. The number of nitrogens with zero attached hydrogens (tertiary/aromatic N) is 3. The molecule has 2 heterocycles. The van der Waals surface area contributed by atoms with Gasteiger partial charge in [-0.2, -0.15) is 13.2 Å². The van der Waals surface area contributed by atoms with Gasteiger partial charge in [-0.15, -0.1) is 0 Å². The van der Waals surface area contributed by atoms with Crippen LogP contribution < -0.4 is 10.2 Å². The molecule has 5 nitrogen and oxygen atoms in total. The Bertz CT molecular complexity index is 802. The van der Waals surface area contributed by atoms with E-state index >= 15 is 0 Å². The number of rotatable bonds is 5. The topological polar surface area (TPSA) is 48.5 Å². The number of carbonyl (C=O) groups excluding carboxylic acids is 1. The highest BCUT2D eigenvalue weighted by Crippen LogP contribution is 2.29. The van der Waals surface area contributed by atoms with Crippen molar-refractivity contribution in [3.63, 3.8) is 0 Å². The van der Waals surface area contributed by atoms with Crippen molar-refractivity contribution in [2.24, 2.45) is 0 Å². The summed E-state index contributed by atoms with van der Waals surface area (Å²) in [6, 6.07) is 9.21. The van der Waals surface area contributed by atoms with Gasteiger partial charge in [0.25, 0.3) is 5.91 Å². The summed E-state index contributed by atoms with van der Waals surface area (Å²) in [5, 5.41) is 2.78. The monoisotopic (exact) mass is 395 g/mol. The molecule has 0 atom stereocenters. The molecule has 0 unspecified atom stereocenters. The summed E-state index contributed by atoms with van der Waals surface area (Å²) in [6.45, 7) is 3.48. The Hall–Kier alpha value is -2.68. The molecule has 0 spiro atoms. The van der Waals surface area contributed by atoms with Crippen LogP contribution in [0.5, 0.6) is 0 Å². The van der Waals surface area contributed by atoms with E-state index in [0.717, 1.165) is 6.07 Å². The predicted molar refractivity (Wildman–Crippen MR) is 96.6 cm³/mol. The fourth-order valence-corrected chi connectivity index (χ4v) is 2.99. The van der Waals surface area contributed by atoms with Crippen LogP contribution in [0.3, 0.4) is 0 Å². The second kappa shape index (κ2) is 8.55. The predicted octanol–water partition coefficient (Wildman–Crippen LogP) is 2.79. The molecule has 1 saturated heterocycles. The summed E-state index contributed by atoms with van der Waals surface area (Å²) < 4.78 is 51.3. The Kier molecular flexibility index (Phi) is 6.13. The molecule has 1 N–H and O–H groups in total. The van der Waals surface area contributed by atoms with Crippen molar-refractivity contribution in [2.45, 2.75) is 6.18 Å². The first kappa shape index (κ1) is 20.1. The minimum atomic E-state index is -4.46. The van der Waals surface area contributed by atoms with Gasteiger partial charge in [0.2, 0.25) is 0 Å². The van der Waals surface area contributed by atoms with Gasteiger partial charge in [0.05, 0.1) is 0 Å². The zero-order chi connectivity index (χ0) is 20.1. The summed E-state index contributed by atoms with van der Waals surface area (Å²) in [5.74, 6) is -0.351. The second-order valence-corrected chi connectivity index (χ2v) is 6.47. The fourth-order valence-electron chi connectivity index (χ4n) is 2.99. The number of nitrogens with one attached hydrogen (secondary N) is 1. The largest absolute Gasteiger partial charge is 0.433 e. The number of carbonyl (C=O) groups is 1. The van der Waals surface area contributed by atoms with Gasteiger partial charge >= 0.3 is 6.18 Å². The molecule has 0 saturated carbocycles. The van der Waals surface area contributed by atoms with Crippen LogP contribution in [-0.4, -0.2) is 55.1 Å². The lowest BCUT2D eigenvalue weighted by atomic mass is 10.2. The van der Waals surface area contributed by atoms with Crippen LogP contribution in [0.2, 0.25) is 0 Å². The smallest absolute Gasteiger partial charge is 0.354 e. The van der Waals surface area contributed by atoms with E-state index in [9.17, 15) is 22.4 Å². The lowest BCUT2D eigenvalue weighted by molar-refractivity contribution is -0.141. The Labute approximate surface area is 160 Å². The van der Waals surface area contributed by atoms with Crippen LogP contribution >= 0.6 is 0 Å². The van der Waals surface area contributed by atoms with Gasteiger partial charge in [-0.1, -0.05) is 6.07 Å². The molecule has 1 aliphatic rings. The van der Waals surface area contributed by atoms with Crippen LogP contribution in [0.15, 0.2) is 42.5 Å². The highest BCUT2D eigenvalue weighted by atomic mass is 19.4. The SMILES string of the molecule is O=C(NCCN1CCN(c2cccc(C(F)(F)F)n2)CC1)c1ccc([18F])cc1. The van der Waals surface area contributed by atoms with Gasteiger partial charge in [0, 0.05) is 44.8 Å². The molecular weight excluding hydrogens is 375 g/mol. The van der Waals surface area contributed by atoms with Crippen LogP contribution in [0, 0.1) is 5.82 Å². The number of benzene rings is 1. The minimum Gasteiger partial charge on any atom is -0.354 e. The number of amides is 1. The third-order valence-electron chi connectivity index (χ3n) is 4.54. The summed E-state index contributed by atoms with van der Waals surface area (Å²) >= 11 is 0. The Balaban J connectivity index is 1.44. The Morgan fingerprint density at radius 2 is 1.71 bits per heavy atom. The number of halogens is 4. The average Bonchev–Trinajstić information content (AvgIpc) is 2.68. The second-order valence-electron chi connectivity index (χ2n) is 6.47. The van der Waals surface area contributed by atoms with E-state index in [2.05, 4.69) is 15.2 Å². The Morgan fingerprint density at radius 1 is 1.04 bits per heavy atom. The summed E-state index contributed by atoms with van der Waals surface area (Å²) in [4.78, 5) is 19.6. The van der Waals surface area contributed by atoms with Gasteiger partial charge in [-0.05, 0) is 36.4 Å². The molecule has 1 aromatic heterocycles. The van der Waals surface area contributed by atoms with E-state index in [1.165, 1.54) is 30.3 Å². The maximum atomic E-state index is 12.9. The van der Waals surface area contributed by atoms with Gasteiger partial charge in [0.1, 0.15) is 17.3 Å². The van der Waals surface area contributed by atoms with Crippen molar-refractivity contribution in [2.75, 3.05) is 44.2 Å².